The van der Waals surface area contributed by atoms with E-state index in [-0.39, 0.29) is 5.75 Å². The molecule has 2 aromatic rings. The second-order valence-corrected chi connectivity index (χ2v) is 5.27. The van der Waals surface area contributed by atoms with Crippen molar-refractivity contribution in [2.45, 2.75) is 13.0 Å². The summed E-state index contributed by atoms with van der Waals surface area (Å²) in [5.74, 6) is 0.610. The van der Waals surface area contributed by atoms with Crippen molar-refractivity contribution in [3.8, 4) is 11.5 Å². The Morgan fingerprint density at radius 3 is 2.70 bits per heavy atom. The van der Waals surface area contributed by atoms with Crippen molar-refractivity contribution < 1.29 is 9.84 Å². The molecule has 20 heavy (non-hydrogen) atoms. The zero-order chi connectivity index (χ0) is 14.4. The van der Waals surface area contributed by atoms with Gasteiger partial charge in [0.05, 0.1) is 11.6 Å². The van der Waals surface area contributed by atoms with E-state index in [2.05, 4.69) is 26.2 Å². The van der Waals surface area contributed by atoms with Gasteiger partial charge >= 0.3 is 0 Å². The van der Waals surface area contributed by atoms with Crippen LogP contribution in [0.1, 0.15) is 11.1 Å². The third-order valence-electron chi connectivity index (χ3n) is 2.98. The highest BCUT2D eigenvalue weighted by Crippen LogP contribution is 2.35. The Labute approximate surface area is 126 Å². The number of aromatic hydroxyl groups is 1. The second-order valence-electron chi connectivity index (χ2n) is 4.41. The van der Waals surface area contributed by atoms with Crippen LogP contribution in [0.25, 0.3) is 0 Å². The SMILES string of the molecule is COc1cc(CNCCc2ccncc2)cc(Br)c1O. The van der Waals surface area contributed by atoms with Crippen LogP contribution in [0.5, 0.6) is 11.5 Å². The molecule has 0 aliphatic heterocycles. The minimum absolute atomic E-state index is 0.132. The molecule has 0 saturated carbocycles. The molecule has 0 spiro atoms. The van der Waals surface area contributed by atoms with Gasteiger partial charge in [0.25, 0.3) is 0 Å². The summed E-state index contributed by atoms with van der Waals surface area (Å²) < 4.78 is 5.77. The number of nitrogens with zero attached hydrogens (tertiary/aromatic N) is 1. The quantitative estimate of drug-likeness (QED) is 0.796. The molecule has 0 unspecified atom stereocenters. The lowest BCUT2D eigenvalue weighted by Gasteiger charge is -2.10. The fourth-order valence-electron chi connectivity index (χ4n) is 1.90. The highest BCUT2D eigenvalue weighted by Gasteiger charge is 2.08. The van der Waals surface area contributed by atoms with Crippen molar-refractivity contribution in [2.24, 2.45) is 0 Å². The van der Waals surface area contributed by atoms with Crippen molar-refractivity contribution in [3.05, 3.63) is 52.3 Å². The molecule has 106 valence electrons. The Morgan fingerprint density at radius 2 is 2.00 bits per heavy atom. The number of methoxy groups -OCH3 is 1. The lowest BCUT2D eigenvalue weighted by atomic mass is 10.2. The number of ether oxygens (including phenoxy) is 1. The molecule has 1 heterocycles. The van der Waals surface area contributed by atoms with Gasteiger partial charge in [-0.3, -0.25) is 4.98 Å². The number of hydrogen-bond donors (Lipinski definition) is 2. The van der Waals surface area contributed by atoms with Crippen LogP contribution >= 0.6 is 15.9 Å². The van der Waals surface area contributed by atoms with E-state index in [1.165, 1.54) is 5.56 Å². The van der Waals surface area contributed by atoms with E-state index < -0.39 is 0 Å². The molecule has 4 nitrogen and oxygen atoms in total. The topological polar surface area (TPSA) is 54.4 Å². The minimum Gasteiger partial charge on any atom is -0.503 e. The fourth-order valence-corrected chi connectivity index (χ4v) is 2.39. The van der Waals surface area contributed by atoms with Gasteiger partial charge in [0.1, 0.15) is 0 Å². The van der Waals surface area contributed by atoms with E-state index in [1.54, 1.807) is 19.5 Å². The molecule has 0 aliphatic carbocycles. The fraction of sp³-hybridized carbons (Fsp3) is 0.267. The van der Waals surface area contributed by atoms with Crippen LogP contribution in [0, 0.1) is 0 Å². The molecule has 0 aliphatic rings. The molecule has 5 heteroatoms. The normalized spacial score (nSPS) is 10.5. The zero-order valence-electron chi connectivity index (χ0n) is 11.3. The molecular weight excluding hydrogens is 320 g/mol. The average molecular weight is 337 g/mol. The van der Waals surface area contributed by atoms with Crippen LogP contribution in [-0.2, 0) is 13.0 Å². The maximum atomic E-state index is 9.74. The van der Waals surface area contributed by atoms with E-state index in [9.17, 15) is 5.11 Å². The third-order valence-corrected chi connectivity index (χ3v) is 3.58. The number of phenolic OH excluding ortho intramolecular Hbond substituents is 1. The molecular formula is C15H17BrN2O2. The summed E-state index contributed by atoms with van der Waals surface area (Å²) in [4.78, 5) is 4.00. The van der Waals surface area contributed by atoms with Crippen LogP contribution in [0.15, 0.2) is 41.1 Å². The number of phenols is 1. The first kappa shape index (κ1) is 14.8. The molecule has 0 atom stereocenters. The summed E-state index contributed by atoms with van der Waals surface area (Å²) in [6.45, 7) is 1.60. The zero-order valence-corrected chi connectivity index (χ0v) is 12.9. The second kappa shape index (κ2) is 7.26. The van der Waals surface area contributed by atoms with E-state index >= 15 is 0 Å². The number of rotatable bonds is 6. The van der Waals surface area contributed by atoms with Gasteiger partial charge < -0.3 is 15.2 Å². The van der Waals surface area contributed by atoms with E-state index in [0.717, 1.165) is 25.1 Å². The third kappa shape index (κ3) is 3.95. The maximum Gasteiger partial charge on any atom is 0.172 e. The molecule has 2 rings (SSSR count). The van der Waals surface area contributed by atoms with E-state index in [1.807, 2.05) is 24.3 Å². The van der Waals surface area contributed by atoms with Gasteiger partial charge in [-0.05, 0) is 64.3 Å². The first-order chi connectivity index (χ1) is 9.70. The summed E-state index contributed by atoms with van der Waals surface area (Å²) in [6, 6.07) is 7.75. The van der Waals surface area contributed by atoms with Crippen LogP contribution in [0.2, 0.25) is 0 Å². The van der Waals surface area contributed by atoms with E-state index in [4.69, 9.17) is 4.74 Å². The van der Waals surface area contributed by atoms with Crippen molar-refractivity contribution in [1.82, 2.24) is 10.3 Å². The van der Waals surface area contributed by atoms with Gasteiger partial charge in [-0.2, -0.15) is 0 Å². The average Bonchev–Trinajstić information content (AvgIpc) is 2.48. The van der Waals surface area contributed by atoms with Crippen molar-refractivity contribution in [1.29, 1.82) is 0 Å². The van der Waals surface area contributed by atoms with Gasteiger partial charge in [-0.25, -0.2) is 0 Å². The number of aromatic nitrogens is 1. The number of pyridine rings is 1. The molecule has 0 fully saturated rings. The summed E-state index contributed by atoms with van der Waals surface area (Å²) >= 11 is 3.32. The molecule has 0 bridgehead atoms. The standard InChI is InChI=1S/C15H17BrN2O2/c1-20-14-9-12(8-13(16)15(14)19)10-18-7-4-11-2-5-17-6-3-11/h2-3,5-6,8-9,18-19H,4,7,10H2,1H3. The predicted molar refractivity (Wildman–Crippen MR) is 82.0 cm³/mol. The molecule has 0 radical (unpaired) electrons. The lowest BCUT2D eigenvalue weighted by Crippen LogP contribution is -2.16. The molecule has 1 aromatic carbocycles. The monoisotopic (exact) mass is 336 g/mol. The van der Waals surface area contributed by atoms with Crippen LogP contribution in [0.3, 0.4) is 0 Å². The maximum absolute atomic E-state index is 9.74. The number of halogens is 1. The molecule has 0 amide bonds. The Hall–Kier alpha value is -1.59. The Morgan fingerprint density at radius 1 is 1.25 bits per heavy atom. The van der Waals surface area contributed by atoms with Gasteiger partial charge in [0, 0.05) is 18.9 Å². The van der Waals surface area contributed by atoms with Crippen LogP contribution in [0.4, 0.5) is 0 Å². The van der Waals surface area contributed by atoms with E-state index in [0.29, 0.717) is 10.2 Å². The first-order valence-corrected chi connectivity index (χ1v) is 7.15. The highest BCUT2D eigenvalue weighted by atomic mass is 79.9. The molecule has 2 N–H and O–H groups in total. The van der Waals surface area contributed by atoms with Gasteiger partial charge in [-0.15, -0.1) is 0 Å². The smallest absolute Gasteiger partial charge is 0.172 e. The summed E-state index contributed by atoms with van der Waals surface area (Å²) in [6.07, 6.45) is 4.56. The molecule has 0 saturated heterocycles. The van der Waals surface area contributed by atoms with Gasteiger partial charge in [0.2, 0.25) is 0 Å². The predicted octanol–water partition coefficient (Wildman–Crippen LogP) is 2.89. The van der Waals surface area contributed by atoms with Crippen molar-refractivity contribution >= 4 is 15.9 Å². The van der Waals surface area contributed by atoms with Gasteiger partial charge in [-0.1, -0.05) is 0 Å². The first-order valence-electron chi connectivity index (χ1n) is 6.35. The highest BCUT2D eigenvalue weighted by molar-refractivity contribution is 9.10. The molecule has 1 aromatic heterocycles. The Kier molecular flexibility index (Phi) is 5.38. The Balaban J connectivity index is 1.87. The summed E-state index contributed by atoms with van der Waals surface area (Å²) in [5, 5.41) is 13.1. The lowest BCUT2D eigenvalue weighted by molar-refractivity contribution is 0.371. The number of hydrogen-bond acceptors (Lipinski definition) is 4. The van der Waals surface area contributed by atoms with Crippen LogP contribution < -0.4 is 10.1 Å². The van der Waals surface area contributed by atoms with Crippen molar-refractivity contribution in [3.63, 3.8) is 0 Å². The summed E-state index contributed by atoms with van der Waals surface area (Å²) in [7, 11) is 1.54. The van der Waals surface area contributed by atoms with Crippen LogP contribution in [-0.4, -0.2) is 23.7 Å². The Bertz CT molecular complexity index is 561. The number of benzene rings is 1. The van der Waals surface area contributed by atoms with Gasteiger partial charge in [0.15, 0.2) is 11.5 Å². The minimum atomic E-state index is 0.132. The summed E-state index contributed by atoms with van der Waals surface area (Å²) in [5.41, 5.74) is 2.32. The largest absolute Gasteiger partial charge is 0.503 e. The van der Waals surface area contributed by atoms with Crippen molar-refractivity contribution in [2.75, 3.05) is 13.7 Å². The number of nitrogens with one attached hydrogen (secondary N) is 1.